The molecule has 1 aliphatic heterocycles. The van der Waals surface area contributed by atoms with Crippen LogP contribution in [0.15, 0.2) is 24.3 Å². The second-order valence-electron chi connectivity index (χ2n) is 6.36. The molecule has 0 radical (unpaired) electrons. The molecule has 0 spiro atoms. The summed E-state index contributed by atoms with van der Waals surface area (Å²) in [4.78, 5) is 2.47. The van der Waals surface area contributed by atoms with E-state index in [-0.39, 0.29) is 6.54 Å². The van der Waals surface area contributed by atoms with Gasteiger partial charge in [0.1, 0.15) is 0 Å². The minimum absolute atomic E-state index is 0.288. The molecule has 1 saturated heterocycles. The van der Waals surface area contributed by atoms with Gasteiger partial charge in [-0.15, -0.1) is 0 Å². The zero-order valence-corrected chi connectivity index (χ0v) is 13.8. The molecule has 1 heterocycles. The number of nitrogens with one attached hydrogen (secondary N) is 1. The van der Waals surface area contributed by atoms with Gasteiger partial charge in [0.05, 0.1) is 5.56 Å². The van der Waals surface area contributed by atoms with Gasteiger partial charge >= 0.3 is 6.18 Å². The Hall–Kier alpha value is -1.07. The summed E-state index contributed by atoms with van der Waals surface area (Å²) < 4.78 is 38.9. The third kappa shape index (κ3) is 5.81. The standard InChI is InChI=1S/C18H27F3N2/c1-2-3-6-11-23-12-9-16(10-13-23)22-14-15-7-4-5-8-17(15)18(19,20)21/h4-5,7-8,16,22H,2-3,6,9-14H2,1H3. The van der Waals surface area contributed by atoms with Crippen LogP contribution in [0.2, 0.25) is 0 Å². The average Bonchev–Trinajstić information content (AvgIpc) is 2.54. The van der Waals surface area contributed by atoms with E-state index in [0.717, 1.165) is 38.5 Å². The first-order valence-electron chi connectivity index (χ1n) is 8.61. The number of nitrogens with zero attached hydrogens (tertiary/aromatic N) is 1. The summed E-state index contributed by atoms with van der Waals surface area (Å²) in [6, 6.07) is 6.16. The van der Waals surface area contributed by atoms with Crippen molar-refractivity contribution >= 4 is 0 Å². The maximum Gasteiger partial charge on any atom is 0.416 e. The number of likely N-dealkylation sites (tertiary alicyclic amines) is 1. The van der Waals surface area contributed by atoms with E-state index in [4.69, 9.17) is 0 Å². The van der Waals surface area contributed by atoms with Crippen LogP contribution in [0.4, 0.5) is 13.2 Å². The molecule has 5 heteroatoms. The Morgan fingerprint density at radius 2 is 1.83 bits per heavy atom. The van der Waals surface area contributed by atoms with Gasteiger partial charge in [-0.3, -0.25) is 0 Å². The van der Waals surface area contributed by atoms with Crippen LogP contribution in [0.25, 0.3) is 0 Å². The molecular weight excluding hydrogens is 301 g/mol. The van der Waals surface area contributed by atoms with E-state index in [1.807, 2.05) is 0 Å². The van der Waals surface area contributed by atoms with Crippen LogP contribution >= 0.6 is 0 Å². The van der Waals surface area contributed by atoms with Crippen LogP contribution in [-0.4, -0.2) is 30.6 Å². The van der Waals surface area contributed by atoms with Crippen LogP contribution in [0.3, 0.4) is 0 Å². The number of hydrogen-bond donors (Lipinski definition) is 1. The van der Waals surface area contributed by atoms with Crippen molar-refractivity contribution in [3.05, 3.63) is 35.4 Å². The Bertz CT molecular complexity index is 466. The molecule has 1 fully saturated rings. The van der Waals surface area contributed by atoms with Gasteiger partial charge in [-0.05, 0) is 50.5 Å². The van der Waals surface area contributed by atoms with Crippen LogP contribution in [0.1, 0.15) is 50.2 Å². The number of unbranched alkanes of at least 4 members (excludes halogenated alkanes) is 2. The van der Waals surface area contributed by atoms with Gasteiger partial charge in [0.15, 0.2) is 0 Å². The van der Waals surface area contributed by atoms with Crippen molar-refractivity contribution in [2.24, 2.45) is 0 Å². The number of hydrogen-bond acceptors (Lipinski definition) is 2. The van der Waals surface area contributed by atoms with Crippen molar-refractivity contribution in [2.75, 3.05) is 19.6 Å². The molecule has 0 saturated carbocycles. The molecule has 23 heavy (non-hydrogen) atoms. The number of benzene rings is 1. The molecule has 0 atom stereocenters. The summed E-state index contributed by atoms with van der Waals surface area (Å²) in [6.45, 7) is 5.73. The molecule has 0 bridgehead atoms. The molecule has 2 rings (SSSR count). The first-order chi connectivity index (χ1) is 11.0. The lowest BCUT2D eigenvalue weighted by atomic mass is 10.0. The quantitative estimate of drug-likeness (QED) is 0.744. The largest absolute Gasteiger partial charge is 0.416 e. The number of alkyl halides is 3. The number of halogens is 3. The van der Waals surface area contributed by atoms with E-state index in [2.05, 4.69) is 17.1 Å². The molecule has 0 unspecified atom stereocenters. The fourth-order valence-electron chi connectivity index (χ4n) is 3.15. The fraction of sp³-hybridized carbons (Fsp3) is 0.667. The average molecular weight is 328 g/mol. The van der Waals surface area contributed by atoms with Crippen LogP contribution < -0.4 is 5.32 Å². The zero-order chi connectivity index (χ0) is 16.7. The molecular formula is C18H27F3N2. The van der Waals surface area contributed by atoms with E-state index >= 15 is 0 Å². The minimum atomic E-state index is -4.28. The lowest BCUT2D eigenvalue weighted by Gasteiger charge is -2.32. The molecule has 1 N–H and O–H groups in total. The van der Waals surface area contributed by atoms with Crippen LogP contribution in [0.5, 0.6) is 0 Å². The smallest absolute Gasteiger partial charge is 0.310 e. The molecule has 1 aromatic rings. The summed E-state index contributed by atoms with van der Waals surface area (Å²) in [7, 11) is 0. The van der Waals surface area contributed by atoms with E-state index in [1.54, 1.807) is 12.1 Å². The van der Waals surface area contributed by atoms with E-state index < -0.39 is 11.7 Å². The van der Waals surface area contributed by atoms with Crippen molar-refractivity contribution < 1.29 is 13.2 Å². The molecule has 130 valence electrons. The second-order valence-corrected chi connectivity index (χ2v) is 6.36. The maximum atomic E-state index is 13.0. The van der Waals surface area contributed by atoms with Gasteiger partial charge in [0.25, 0.3) is 0 Å². The number of rotatable bonds is 7. The van der Waals surface area contributed by atoms with Crippen LogP contribution in [0, 0.1) is 0 Å². The molecule has 2 nitrogen and oxygen atoms in total. The third-order valence-electron chi connectivity index (χ3n) is 4.57. The highest BCUT2D eigenvalue weighted by atomic mass is 19.4. The van der Waals surface area contributed by atoms with Crippen LogP contribution in [-0.2, 0) is 12.7 Å². The van der Waals surface area contributed by atoms with Crippen molar-refractivity contribution in [2.45, 2.75) is 57.8 Å². The lowest BCUT2D eigenvalue weighted by Crippen LogP contribution is -2.42. The zero-order valence-electron chi connectivity index (χ0n) is 13.8. The van der Waals surface area contributed by atoms with Crippen molar-refractivity contribution in [3.63, 3.8) is 0 Å². The van der Waals surface area contributed by atoms with E-state index in [0.29, 0.717) is 11.6 Å². The van der Waals surface area contributed by atoms with E-state index in [1.165, 1.54) is 25.3 Å². The molecule has 0 aromatic heterocycles. The summed E-state index contributed by atoms with van der Waals surface area (Å²) in [5.41, 5.74) is -0.185. The predicted molar refractivity (Wildman–Crippen MR) is 87.3 cm³/mol. The Morgan fingerprint density at radius 1 is 1.13 bits per heavy atom. The predicted octanol–water partition coefficient (Wildman–Crippen LogP) is 4.45. The topological polar surface area (TPSA) is 15.3 Å². The lowest BCUT2D eigenvalue weighted by molar-refractivity contribution is -0.138. The highest BCUT2D eigenvalue weighted by Gasteiger charge is 2.32. The van der Waals surface area contributed by atoms with Gasteiger partial charge in [0, 0.05) is 12.6 Å². The molecule has 0 amide bonds. The van der Waals surface area contributed by atoms with Crippen molar-refractivity contribution in [1.82, 2.24) is 10.2 Å². The summed E-state index contributed by atoms with van der Waals surface area (Å²) >= 11 is 0. The highest BCUT2D eigenvalue weighted by Crippen LogP contribution is 2.31. The van der Waals surface area contributed by atoms with E-state index in [9.17, 15) is 13.2 Å². The van der Waals surface area contributed by atoms with Gasteiger partial charge in [-0.2, -0.15) is 13.2 Å². The monoisotopic (exact) mass is 328 g/mol. The minimum Gasteiger partial charge on any atom is -0.310 e. The van der Waals surface area contributed by atoms with Gasteiger partial charge in [-0.1, -0.05) is 38.0 Å². The first kappa shape index (κ1) is 18.3. The summed E-state index contributed by atoms with van der Waals surface area (Å²) in [6.07, 6.45) is 1.50. The molecule has 0 aliphatic carbocycles. The SMILES string of the molecule is CCCCCN1CCC(NCc2ccccc2C(F)(F)F)CC1. The third-order valence-corrected chi connectivity index (χ3v) is 4.57. The molecule has 1 aromatic carbocycles. The van der Waals surface area contributed by atoms with Crippen molar-refractivity contribution in [1.29, 1.82) is 0 Å². The highest BCUT2D eigenvalue weighted by molar-refractivity contribution is 5.29. The van der Waals surface area contributed by atoms with Gasteiger partial charge in [-0.25, -0.2) is 0 Å². The fourth-order valence-corrected chi connectivity index (χ4v) is 3.15. The van der Waals surface area contributed by atoms with Gasteiger partial charge < -0.3 is 10.2 Å². The number of piperidine rings is 1. The van der Waals surface area contributed by atoms with Gasteiger partial charge in [0.2, 0.25) is 0 Å². The Morgan fingerprint density at radius 3 is 2.48 bits per heavy atom. The maximum absolute atomic E-state index is 13.0. The Kier molecular flexibility index (Phi) is 6.90. The summed E-state index contributed by atoms with van der Waals surface area (Å²) in [5, 5.41) is 3.31. The van der Waals surface area contributed by atoms with Crippen molar-refractivity contribution in [3.8, 4) is 0 Å². The Balaban J connectivity index is 1.78. The second kappa shape index (κ2) is 8.69. The Labute approximate surface area is 137 Å². The summed E-state index contributed by atoms with van der Waals surface area (Å²) in [5.74, 6) is 0. The molecule has 1 aliphatic rings. The first-order valence-corrected chi connectivity index (χ1v) is 8.61. The normalized spacial score (nSPS) is 17.6.